The molecule has 0 radical (unpaired) electrons. The van der Waals surface area contributed by atoms with Crippen LogP contribution in [-0.4, -0.2) is 52.5 Å². The summed E-state index contributed by atoms with van der Waals surface area (Å²) in [5.41, 5.74) is 1.65. The molecular weight excluding hydrogens is 408 g/mol. The molecule has 170 valence electrons. The molecule has 32 heavy (non-hydrogen) atoms. The first-order valence-corrected chi connectivity index (χ1v) is 11.2. The van der Waals surface area contributed by atoms with Gasteiger partial charge in [0.05, 0.1) is 0 Å². The fourth-order valence-electron chi connectivity index (χ4n) is 4.38. The molecule has 8 heteroatoms. The van der Waals surface area contributed by atoms with E-state index in [9.17, 15) is 14.7 Å². The number of nitrogens with zero attached hydrogens (tertiary/aromatic N) is 3. The molecule has 2 fully saturated rings. The van der Waals surface area contributed by atoms with Crippen LogP contribution in [0, 0.1) is 12.8 Å². The van der Waals surface area contributed by atoms with Gasteiger partial charge in [-0.05, 0) is 38.0 Å². The summed E-state index contributed by atoms with van der Waals surface area (Å²) in [6.45, 7) is 2.54. The number of rotatable bonds is 4. The van der Waals surface area contributed by atoms with E-state index < -0.39 is 18.5 Å². The minimum atomic E-state index is -1.29. The second kappa shape index (κ2) is 9.99. The summed E-state index contributed by atoms with van der Waals surface area (Å²) in [7, 11) is 0. The van der Waals surface area contributed by atoms with E-state index in [2.05, 4.69) is 10.3 Å². The van der Waals surface area contributed by atoms with Crippen molar-refractivity contribution >= 4 is 17.6 Å². The number of anilines is 1. The molecule has 2 aliphatic rings. The average molecular weight is 439 g/mol. The van der Waals surface area contributed by atoms with Gasteiger partial charge in [0.15, 0.2) is 6.23 Å². The van der Waals surface area contributed by atoms with Gasteiger partial charge in [-0.2, -0.15) is 0 Å². The third kappa shape index (κ3) is 5.02. The van der Waals surface area contributed by atoms with E-state index in [-0.39, 0.29) is 18.4 Å². The molecule has 3 amide bonds. The van der Waals surface area contributed by atoms with Crippen molar-refractivity contribution in [1.82, 2.24) is 15.2 Å². The number of benzene rings is 1. The van der Waals surface area contributed by atoms with Crippen LogP contribution in [0.1, 0.15) is 37.8 Å². The summed E-state index contributed by atoms with van der Waals surface area (Å²) in [4.78, 5) is 33.0. The molecule has 1 aliphatic carbocycles. The van der Waals surface area contributed by atoms with Crippen LogP contribution in [0.2, 0.25) is 0 Å². The van der Waals surface area contributed by atoms with Crippen molar-refractivity contribution < 1.29 is 19.4 Å². The summed E-state index contributed by atoms with van der Waals surface area (Å²) in [6, 6.07) is 14.4. The number of hydrogen-bond acceptors (Lipinski definition) is 6. The van der Waals surface area contributed by atoms with Crippen LogP contribution in [0.5, 0.6) is 5.88 Å². The molecule has 0 spiro atoms. The predicted octanol–water partition coefficient (Wildman–Crippen LogP) is 3.05. The predicted molar refractivity (Wildman–Crippen MR) is 120 cm³/mol. The number of imide groups is 1. The van der Waals surface area contributed by atoms with E-state index in [0.717, 1.165) is 43.5 Å². The Labute approximate surface area is 188 Å². The quantitative estimate of drug-likeness (QED) is 0.762. The van der Waals surface area contributed by atoms with E-state index in [0.29, 0.717) is 12.4 Å². The second-order valence-electron chi connectivity index (χ2n) is 8.39. The van der Waals surface area contributed by atoms with Gasteiger partial charge in [-0.1, -0.05) is 43.5 Å². The largest absolute Gasteiger partial charge is 0.449 e. The lowest BCUT2D eigenvalue weighted by molar-refractivity contribution is -0.125. The van der Waals surface area contributed by atoms with Crippen LogP contribution in [0.3, 0.4) is 0 Å². The molecular formula is C24H30N4O4. The Morgan fingerprint density at radius 2 is 1.78 bits per heavy atom. The maximum atomic E-state index is 12.9. The number of hydrogen-bond donors (Lipinski definition) is 2. The molecule has 2 heterocycles. The monoisotopic (exact) mass is 438 g/mol. The number of pyridine rings is 1. The highest BCUT2D eigenvalue weighted by Gasteiger charge is 2.40. The third-order valence-corrected chi connectivity index (χ3v) is 6.12. The van der Waals surface area contributed by atoms with Crippen LogP contribution in [0.4, 0.5) is 10.5 Å². The molecule has 2 atom stereocenters. The topological polar surface area (TPSA) is 95.0 Å². The molecule has 2 aromatic rings. The van der Waals surface area contributed by atoms with Crippen molar-refractivity contribution in [3.63, 3.8) is 0 Å². The Morgan fingerprint density at radius 1 is 1.03 bits per heavy atom. The third-order valence-electron chi connectivity index (χ3n) is 6.12. The maximum Gasteiger partial charge on any atom is 0.326 e. The van der Waals surface area contributed by atoms with Gasteiger partial charge in [0.2, 0.25) is 18.0 Å². The first kappa shape index (κ1) is 22.1. The number of urea groups is 1. The fraction of sp³-hybridized carbons (Fsp3) is 0.458. The van der Waals surface area contributed by atoms with Crippen LogP contribution < -0.4 is 15.0 Å². The summed E-state index contributed by atoms with van der Waals surface area (Å²) in [5, 5.41) is 13.6. The minimum absolute atomic E-state index is 0.140. The number of ether oxygens (including phenoxy) is 1. The zero-order valence-electron chi connectivity index (χ0n) is 18.3. The van der Waals surface area contributed by atoms with Gasteiger partial charge >= 0.3 is 6.03 Å². The summed E-state index contributed by atoms with van der Waals surface area (Å²) >= 11 is 0. The maximum absolute atomic E-state index is 12.9. The summed E-state index contributed by atoms with van der Waals surface area (Å²) < 4.78 is 6.08. The van der Waals surface area contributed by atoms with Gasteiger partial charge in [-0.25, -0.2) is 9.78 Å². The van der Waals surface area contributed by atoms with Crippen LogP contribution in [0.25, 0.3) is 0 Å². The van der Waals surface area contributed by atoms with E-state index in [4.69, 9.17) is 4.74 Å². The number of para-hydroxylation sites is 1. The SMILES string of the molecule is Cc1cccc(OC2C(O)N(C(=O)NC(=O)C3CCCCC3)CCN2c2ccccc2)n1. The van der Waals surface area contributed by atoms with Gasteiger partial charge in [-0.3, -0.25) is 15.0 Å². The zero-order chi connectivity index (χ0) is 22.5. The Bertz CT molecular complexity index is 933. The van der Waals surface area contributed by atoms with E-state index in [1.165, 1.54) is 4.90 Å². The molecule has 8 nitrogen and oxygen atoms in total. The van der Waals surface area contributed by atoms with Crippen molar-refractivity contribution in [2.75, 3.05) is 18.0 Å². The summed E-state index contributed by atoms with van der Waals surface area (Å²) in [5.74, 6) is -0.0419. The molecule has 0 bridgehead atoms. The molecule has 2 N–H and O–H groups in total. The lowest BCUT2D eigenvalue weighted by Crippen LogP contribution is -2.65. The van der Waals surface area contributed by atoms with Crippen molar-refractivity contribution in [2.45, 2.75) is 51.5 Å². The van der Waals surface area contributed by atoms with Gasteiger partial charge in [0.25, 0.3) is 0 Å². The number of aryl methyl sites for hydroxylation is 1. The summed E-state index contributed by atoms with van der Waals surface area (Å²) in [6.07, 6.45) is 2.57. The van der Waals surface area contributed by atoms with E-state index in [1.54, 1.807) is 6.07 Å². The molecule has 1 saturated heterocycles. The minimum Gasteiger partial charge on any atom is -0.449 e. The number of carbonyl (C=O) groups excluding carboxylic acids is 2. The number of nitrogens with one attached hydrogen (secondary N) is 1. The molecule has 1 aromatic heterocycles. The van der Waals surface area contributed by atoms with Gasteiger partial charge in [0.1, 0.15) is 0 Å². The van der Waals surface area contributed by atoms with Gasteiger partial charge in [-0.15, -0.1) is 0 Å². The lowest BCUT2D eigenvalue weighted by Gasteiger charge is -2.45. The fourth-order valence-corrected chi connectivity index (χ4v) is 4.38. The first-order valence-electron chi connectivity index (χ1n) is 11.2. The van der Waals surface area contributed by atoms with Crippen LogP contribution >= 0.6 is 0 Å². The van der Waals surface area contributed by atoms with Crippen molar-refractivity contribution in [1.29, 1.82) is 0 Å². The highest BCUT2D eigenvalue weighted by molar-refractivity contribution is 5.95. The van der Waals surface area contributed by atoms with Gasteiger partial charge in [0, 0.05) is 36.5 Å². The van der Waals surface area contributed by atoms with Crippen LogP contribution in [-0.2, 0) is 4.79 Å². The van der Waals surface area contributed by atoms with Gasteiger partial charge < -0.3 is 14.7 Å². The number of aliphatic hydroxyl groups is 1. The number of piperazine rings is 1. The molecule has 1 aromatic carbocycles. The Balaban J connectivity index is 1.51. The smallest absolute Gasteiger partial charge is 0.326 e. The van der Waals surface area contributed by atoms with E-state index >= 15 is 0 Å². The number of carbonyl (C=O) groups is 2. The first-order chi connectivity index (χ1) is 15.5. The number of aromatic nitrogens is 1. The molecule has 1 saturated carbocycles. The van der Waals surface area contributed by atoms with Crippen molar-refractivity contribution in [2.24, 2.45) is 5.92 Å². The van der Waals surface area contributed by atoms with Crippen molar-refractivity contribution in [3.05, 3.63) is 54.2 Å². The van der Waals surface area contributed by atoms with E-state index in [1.807, 2.05) is 54.3 Å². The molecule has 4 rings (SSSR count). The second-order valence-corrected chi connectivity index (χ2v) is 8.39. The van der Waals surface area contributed by atoms with Crippen molar-refractivity contribution in [3.8, 4) is 5.88 Å². The highest BCUT2D eigenvalue weighted by Crippen LogP contribution is 2.27. The Hall–Kier alpha value is -3.13. The highest BCUT2D eigenvalue weighted by atomic mass is 16.5. The molecule has 2 unspecified atom stereocenters. The Morgan fingerprint density at radius 3 is 2.50 bits per heavy atom. The standard InChI is InChI=1S/C24H30N4O4/c1-17-9-8-14-20(25-17)32-23-22(30)28(16-15-27(23)19-12-6-3-7-13-19)24(31)26-21(29)18-10-4-2-5-11-18/h3,6-9,12-14,18,22-23,30H,2,4-5,10-11,15-16H2,1H3,(H,26,29,31). The number of amides is 3. The Kier molecular flexibility index (Phi) is 6.90. The zero-order valence-corrected chi connectivity index (χ0v) is 18.3. The normalized spacial score (nSPS) is 21.8. The number of aliphatic hydroxyl groups excluding tert-OH is 1. The lowest BCUT2D eigenvalue weighted by atomic mass is 9.89. The average Bonchev–Trinajstić information content (AvgIpc) is 2.81. The van der Waals surface area contributed by atoms with Crippen LogP contribution in [0.15, 0.2) is 48.5 Å². The molecule has 1 aliphatic heterocycles.